The lowest BCUT2D eigenvalue weighted by Crippen LogP contribution is -2.52. The Bertz CT molecular complexity index is 1010. The molecule has 182 valence electrons. The van der Waals surface area contributed by atoms with E-state index < -0.39 is 24.1 Å². The van der Waals surface area contributed by atoms with Crippen LogP contribution in [0.15, 0.2) is 42.6 Å². The number of carbonyl (C=O) groups excluding carboxylic acids is 3. The normalized spacial score (nSPS) is 18.4. The van der Waals surface area contributed by atoms with E-state index in [9.17, 15) is 19.5 Å². The lowest BCUT2D eigenvalue weighted by Gasteiger charge is -2.27. The maximum Gasteiger partial charge on any atom is 0.245 e. The summed E-state index contributed by atoms with van der Waals surface area (Å²) in [4.78, 5) is 43.3. The van der Waals surface area contributed by atoms with Crippen molar-refractivity contribution in [3.8, 4) is 11.1 Å². The van der Waals surface area contributed by atoms with Gasteiger partial charge in [0.15, 0.2) is 0 Å². The van der Waals surface area contributed by atoms with Gasteiger partial charge in [0.2, 0.25) is 17.7 Å². The number of hydrogen-bond acceptors (Lipinski definition) is 6. The number of hydrogen-bond donors (Lipinski definition) is 3. The molecule has 0 radical (unpaired) electrons. The fourth-order valence-corrected chi connectivity index (χ4v) is 4.02. The Kier molecular flexibility index (Phi) is 8.72. The number of aromatic nitrogens is 1. The molecule has 34 heavy (non-hydrogen) atoms. The van der Waals surface area contributed by atoms with E-state index in [4.69, 9.17) is 4.74 Å². The molecule has 0 unspecified atom stereocenters. The molecule has 3 amide bonds. The summed E-state index contributed by atoms with van der Waals surface area (Å²) >= 11 is 0. The van der Waals surface area contributed by atoms with Crippen molar-refractivity contribution in [2.45, 2.75) is 51.4 Å². The van der Waals surface area contributed by atoms with Crippen LogP contribution < -0.4 is 10.6 Å². The second-order valence-electron chi connectivity index (χ2n) is 8.48. The highest BCUT2D eigenvalue weighted by Gasteiger charge is 2.40. The van der Waals surface area contributed by atoms with Crippen LogP contribution in [-0.4, -0.2) is 71.2 Å². The average Bonchev–Trinajstić information content (AvgIpc) is 3.23. The van der Waals surface area contributed by atoms with Crippen LogP contribution in [0.25, 0.3) is 11.1 Å². The fourth-order valence-electron chi connectivity index (χ4n) is 4.02. The van der Waals surface area contributed by atoms with Gasteiger partial charge in [-0.15, -0.1) is 0 Å². The Labute approximate surface area is 199 Å². The maximum absolute atomic E-state index is 12.9. The third-order valence-corrected chi connectivity index (χ3v) is 5.88. The molecule has 0 saturated carbocycles. The van der Waals surface area contributed by atoms with Crippen LogP contribution in [0.1, 0.15) is 31.0 Å². The number of ether oxygens (including phenoxy) is 1. The maximum atomic E-state index is 12.9. The number of nitrogens with one attached hydrogen (secondary N) is 2. The summed E-state index contributed by atoms with van der Waals surface area (Å²) < 4.78 is 4.87. The number of β-amino-alcohol motifs (C(OH)–C–C–N with tert-alkyl or cyclic N) is 1. The number of nitrogens with zero attached hydrogens (tertiary/aromatic N) is 2. The number of rotatable bonds is 9. The van der Waals surface area contributed by atoms with Gasteiger partial charge in [-0.3, -0.25) is 19.4 Å². The van der Waals surface area contributed by atoms with E-state index in [1.807, 2.05) is 43.3 Å². The second-order valence-corrected chi connectivity index (χ2v) is 8.48. The minimum absolute atomic E-state index is 0.0500. The van der Waals surface area contributed by atoms with Crippen molar-refractivity contribution in [2.24, 2.45) is 0 Å². The molecule has 0 aliphatic carbocycles. The van der Waals surface area contributed by atoms with E-state index in [0.717, 1.165) is 22.4 Å². The van der Waals surface area contributed by atoms with Crippen LogP contribution in [0.3, 0.4) is 0 Å². The number of aryl methyl sites for hydroxylation is 1. The minimum atomic E-state index is -0.812. The molecule has 0 bridgehead atoms. The van der Waals surface area contributed by atoms with Crippen LogP contribution in [0, 0.1) is 6.92 Å². The molecule has 1 aliphatic rings. The van der Waals surface area contributed by atoms with Crippen LogP contribution in [0.5, 0.6) is 0 Å². The Balaban J connectivity index is 1.58. The molecular formula is C25H32N4O5. The number of carbonyl (C=O) groups is 3. The average molecular weight is 469 g/mol. The van der Waals surface area contributed by atoms with Gasteiger partial charge in [0.05, 0.1) is 12.7 Å². The molecule has 0 spiro atoms. The summed E-state index contributed by atoms with van der Waals surface area (Å²) in [7, 11) is 1.49. The van der Waals surface area contributed by atoms with Gasteiger partial charge in [-0.25, -0.2) is 0 Å². The molecule has 1 aromatic heterocycles. The molecule has 9 heteroatoms. The molecule has 3 N–H and O–H groups in total. The Morgan fingerprint density at radius 2 is 1.97 bits per heavy atom. The SMILES string of the molecule is COCCC(=O)N[C@@H](C)C(=O)N1C[C@H](O)C[C@H]1C(=O)NCc1ccc(-c2cccnc2C)cc1. The standard InChI is InChI=1S/C25H32N4O5/c1-16-21(5-4-11-26-16)19-8-6-18(7-9-19)14-27-24(32)22-13-20(30)15-29(22)25(33)17(2)28-23(31)10-12-34-3/h4-9,11,17,20,22,30H,10,12-15H2,1-3H3,(H,27,32)(H,28,31)/t17-,20+,22-/m0/s1. The van der Waals surface area contributed by atoms with E-state index in [2.05, 4.69) is 15.6 Å². The number of amides is 3. The summed E-state index contributed by atoms with van der Waals surface area (Å²) in [5.41, 5.74) is 3.94. The zero-order valence-electron chi connectivity index (χ0n) is 19.8. The largest absolute Gasteiger partial charge is 0.391 e. The highest BCUT2D eigenvalue weighted by molar-refractivity contribution is 5.92. The fraction of sp³-hybridized carbons (Fsp3) is 0.440. The van der Waals surface area contributed by atoms with Gasteiger partial charge in [0.1, 0.15) is 12.1 Å². The number of pyridine rings is 1. The monoisotopic (exact) mass is 468 g/mol. The summed E-state index contributed by atoms with van der Waals surface area (Å²) in [6.07, 6.45) is 1.26. The summed E-state index contributed by atoms with van der Waals surface area (Å²) in [5.74, 6) is -1.05. The van der Waals surface area contributed by atoms with Crippen molar-refractivity contribution in [3.05, 3.63) is 53.9 Å². The Hall–Kier alpha value is -3.30. The molecule has 2 heterocycles. The summed E-state index contributed by atoms with van der Waals surface area (Å²) in [6, 6.07) is 10.1. The second kappa shape index (κ2) is 11.7. The molecule has 3 rings (SSSR count). The first kappa shape index (κ1) is 25.3. The van der Waals surface area contributed by atoms with Crippen molar-refractivity contribution in [2.75, 3.05) is 20.3 Å². The zero-order valence-corrected chi connectivity index (χ0v) is 19.8. The van der Waals surface area contributed by atoms with Crippen LogP contribution in [0.4, 0.5) is 0 Å². The van der Waals surface area contributed by atoms with Crippen LogP contribution in [-0.2, 0) is 25.7 Å². The van der Waals surface area contributed by atoms with Crippen LogP contribution >= 0.6 is 0 Å². The first-order chi connectivity index (χ1) is 16.3. The van der Waals surface area contributed by atoms with Crippen molar-refractivity contribution < 1.29 is 24.2 Å². The molecule has 3 atom stereocenters. The van der Waals surface area contributed by atoms with E-state index in [1.165, 1.54) is 12.0 Å². The highest BCUT2D eigenvalue weighted by atomic mass is 16.5. The number of benzene rings is 1. The number of likely N-dealkylation sites (tertiary alicyclic amines) is 1. The molecular weight excluding hydrogens is 436 g/mol. The summed E-state index contributed by atoms with van der Waals surface area (Å²) in [5, 5.41) is 15.6. The predicted molar refractivity (Wildman–Crippen MR) is 126 cm³/mol. The topological polar surface area (TPSA) is 121 Å². The number of aliphatic hydroxyl groups excluding tert-OH is 1. The van der Waals surface area contributed by atoms with Gasteiger partial charge < -0.3 is 25.4 Å². The van der Waals surface area contributed by atoms with Crippen molar-refractivity contribution in [1.82, 2.24) is 20.5 Å². The minimum Gasteiger partial charge on any atom is -0.391 e. The van der Waals surface area contributed by atoms with Gasteiger partial charge in [0, 0.05) is 50.5 Å². The lowest BCUT2D eigenvalue weighted by molar-refractivity contribution is -0.141. The first-order valence-corrected chi connectivity index (χ1v) is 11.4. The van der Waals surface area contributed by atoms with Crippen molar-refractivity contribution >= 4 is 17.7 Å². The molecule has 2 aromatic rings. The van der Waals surface area contributed by atoms with Gasteiger partial charge in [0.25, 0.3) is 0 Å². The number of aliphatic hydroxyl groups is 1. The third kappa shape index (κ3) is 6.39. The third-order valence-electron chi connectivity index (χ3n) is 5.88. The summed E-state index contributed by atoms with van der Waals surface area (Å²) in [6.45, 7) is 4.12. The molecule has 1 aliphatic heterocycles. The number of methoxy groups -OCH3 is 1. The molecule has 1 aromatic carbocycles. The van der Waals surface area contributed by atoms with E-state index >= 15 is 0 Å². The van der Waals surface area contributed by atoms with Gasteiger partial charge in [-0.2, -0.15) is 0 Å². The molecule has 1 fully saturated rings. The Morgan fingerprint density at radius 3 is 2.65 bits per heavy atom. The van der Waals surface area contributed by atoms with E-state index in [1.54, 1.807) is 13.1 Å². The van der Waals surface area contributed by atoms with E-state index in [-0.39, 0.29) is 37.8 Å². The van der Waals surface area contributed by atoms with Gasteiger partial charge >= 0.3 is 0 Å². The highest BCUT2D eigenvalue weighted by Crippen LogP contribution is 2.22. The van der Waals surface area contributed by atoms with Crippen molar-refractivity contribution in [1.29, 1.82) is 0 Å². The predicted octanol–water partition coefficient (Wildman–Crippen LogP) is 1.18. The molecule has 9 nitrogen and oxygen atoms in total. The van der Waals surface area contributed by atoms with E-state index in [0.29, 0.717) is 6.54 Å². The quantitative estimate of drug-likeness (QED) is 0.508. The smallest absolute Gasteiger partial charge is 0.245 e. The van der Waals surface area contributed by atoms with Crippen LogP contribution in [0.2, 0.25) is 0 Å². The van der Waals surface area contributed by atoms with Gasteiger partial charge in [-0.1, -0.05) is 30.3 Å². The molecule has 1 saturated heterocycles. The first-order valence-electron chi connectivity index (χ1n) is 11.4. The zero-order chi connectivity index (χ0) is 24.7. The van der Waals surface area contributed by atoms with Gasteiger partial charge in [-0.05, 0) is 31.0 Å². The lowest BCUT2D eigenvalue weighted by atomic mass is 10.0. The van der Waals surface area contributed by atoms with Crippen molar-refractivity contribution in [3.63, 3.8) is 0 Å². The Morgan fingerprint density at radius 1 is 1.24 bits per heavy atom.